The number of esters is 1. The standard InChI is InChI=1S/C16H22N6O3/c1-10(2)8-16(17,14-19-12(21-22-14)13(23)20-18)15(24)25-9-11-6-4-3-5-7-11/h3-7,10H,8-9,17-18H2,1-2H3,(H,20,23)(H,19,21,22). The maximum Gasteiger partial charge on any atom is 0.334 e. The van der Waals surface area contributed by atoms with Crippen molar-refractivity contribution in [1.82, 2.24) is 20.6 Å². The summed E-state index contributed by atoms with van der Waals surface area (Å²) in [5.74, 6) is 3.65. The van der Waals surface area contributed by atoms with Gasteiger partial charge in [0.1, 0.15) is 6.61 Å². The monoisotopic (exact) mass is 346 g/mol. The molecular formula is C16H22N6O3. The topological polar surface area (TPSA) is 149 Å². The lowest BCUT2D eigenvalue weighted by atomic mass is 9.89. The molecule has 1 amide bonds. The number of nitrogens with one attached hydrogen (secondary N) is 2. The summed E-state index contributed by atoms with van der Waals surface area (Å²) in [5, 5.41) is 6.29. The number of nitrogens with two attached hydrogens (primary N) is 2. The predicted molar refractivity (Wildman–Crippen MR) is 89.6 cm³/mol. The molecule has 2 aromatic rings. The molecule has 0 aliphatic carbocycles. The summed E-state index contributed by atoms with van der Waals surface area (Å²) in [7, 11) is 0. The third-order valence-corrected chi connectivity index (χ3v) is 3.55. The van der Waals surface area contributed by atoms with E-state index in [4.69, 9.17) is 16.3 Å². The molecule has 2 rings (SSSR count). The summed E-state index contributed by atoms with van der Waals surface area (Å²) in [4.78, 5) is 28.2. The molecule has 1 aromatic carbocycles. The first-order valence-corrected chi connectivity index (χ1v) is 7.80. The second-order valence-corrected chi connectivity index (χ2v) is 6.11. The van der Waals surface area contributed by atoms with E-state index in [0.29, 0.717) is 0 Å². The zero-order valence-electron chi connectivity index (χ0n) is 14.2. The number of carbonyl (C=O) groups is 2. The number of amides is 1. The molecule has 25 heavy (non-hydrogen) atoms. The average Bonchev–Trinajstić information content (AvgIpc) is 3.10. The third-order valence-electron chi connectivity index (χ3n) is 3.55. The number of nitrogens with zero attached hydrogens (tertiary/aromatic N) is 2. The van der Waals surface area contributed by atoms with Crippen molar-refractivity contribution in [3.63, 3.8) is 0 Å². The molecular weight excluding hydrogens is 324 g/mol. The van der Waals surface area contributed by atoms with Gasteiger partial charge < -0.3 is 10.5 Å². The van der Waals surface area contributed by atoms with Crippen LogP contribution in [-0.4, -0.2) is 27.1 Å². The quantitative estimate of drug-likeness (QED) is 0.244. The Morgan fingerprint density at radius 2 is 2.00 bits per heavy atom. The molecule has 6 N–H and O–H groups in total. The molecule has 0 aliphatic rings. The normalized spacial score (nSPS) is 13.3. The Hall–Kier alpha value is -2.78. The van der Waals surface area contributed by atoms with Crippen LogP contribution in [0.3, 0.4) is 0 Å². The fourth-order valence-electron chi connectivity index (χ4n) is 2.40. The Labute approximate surface area is 145 Å². The second kappa shape index (κ2) is 7.86. The summed E-state index contributed by atoms with van der Waals surface area (Å²) in [6.07, 6.45) is 0.263. The van der Waals surface area contributed by atoms with Crippen LogP contribution in [0.25, 0.3) is 0 Å². The lowest BCUT2D eigenvalue weighted by Gasteiger charge is -2.26. The highest BCUT2D eigenvalue weighted by molar-refractivity contribution is 5.90. The van der Waals surface area contributed by atoms with Crippen LogP contribution in [0.5, 0.6) is 0 Å². The zero-order valence-corrected chi connectivity index (χ0v) is 14.2. The first-order valence-electron chi connectivity index (χ1n) is 7.80. The molecule has 0 fully saturated rings. The first kappa shape index (κ1) is 18.6. The van der Waals surface area contributed by atoms with E-state index >= 15 is 0 Å². The van der Waals surface area contributed by atoms with E-state index in [9.17, 15) is 9.59 Å². The van der Waals surface area contributed by atoms with Crippen LogP contribution in [0.1, 0.15) is 42.3 Å². The van der Waals surface area contributed by atoms with E-state index in [0.717, 1.165) is 5.56 Å². The van der Waals surface area contributed by atoms with Crippen molar-refractivity contribution < 1.29 is 14.3 Å². The van der Waals surface area contributed by atoms with E-state index in [1.54, 1.807) is 0 Å². The molecule has 0 radical (unpaired) electrons. The van der Waals surface area contributed by atoms with Gasteiger partial charge in [0.2, 0.25) is 5.82 Å². The maximum atomic E-state index is 12.7. The van der Waals surface area contributed by atoms with Crippen LogP contribution >= 0.6 is 0 Å². The number of aromatic nitrogens is 3. The number of hydrogen-bond donors (Lipinski definition) is 4. The molecule has 1 heterocycles. The summed E-state index contributed by atoms with van der Waals surface area (Å²) in [6, 6.07) is 9.25. The van der Waals surface area contributed by atoms with Gasteiger partial charge in [0, 0.05) is 0 Å². The molecule has 0 spiro atoms. The molecule has 0 saturated heterocycles. The van der Waals surface area contributed by atoms with E-state index < -0.39 is 17.4 Å². The number of carbonyl (C=O) groups excluding carboxylic acids is 2. The highest BCUT2D eigenvalue weighted by atomic mass is 16.5. The van der Waals surface area contributed by atoms with Gasteiger partial charge in [-0.25, -0.2) is 15.6 Å². The Balaban J connectivity index is 2.22. The van der Waals surface area contributed by atoms with Crippen molar-refractivity contribution in [1.29, 1.82) is 0 Å². The third kappa shape index (κ3) is 4.40. The van der Waals surface area contributed by atoms with Gasteiger partial charge in [0.25, 0.3) is 0 Å². The Bertz CT molecular complexity index is 730. The molecule has 0 saturated carbocycles. The van der Waals surface area contributed by atoms with Gasteiger partial charge in [-0.1, -0.05) is 44.2 Å². The summed E-state index contributed by atoms with van der Waals surface area (Å²) in [5.41, 5.74) is 7.52. The highest BCUT2D eigenvalue weighted by Crippen LogP contribution is 2.25. The molecule has 1 unspecified atom stereocenters. The molecule has 1 aromatic heterocycles. The molecule has 0 aliphatic heterocycles. The minimum Gasteiger partial charge on any atom is -0.459 e. The number of H-pyrrole nitrogens is 1. The van der Waals surface area contributed by atoms with Crippen LogP contribution < -0.4 is 17.0 Å². The van der Waals surface area contributed by atoms with E-state index in [-0.39, 0.29) is 30.6 Å². The van der Waals surface area contributed by atoms with Gasteiger partial charge in [-0.15, -0.1) is 5.10 Å². The SMILES string of the molecule is CC(C)CC(N)(C(=O)OCc1ccccc1)c1nc(C(=O)NN)n[nH]1. The van der Waals surface area contributed by atoms with Gasteiger partial charge in [-0.05, 0) is 17.9 Å². The molecule has 9 heteroatoms. The zero-order chi connectivity index (χ0) is 18.4. The van der Waals surface area contributed by atoms with Crippen LogP contribution in [0.2, 0.25) is 0 Å². The lowest BCUT2D eigenvalue weighted by Crippen LogP contribution is -2.48. The summed E-state index contributed by atoms with van der Waals surface area (Å²) < 4.78 is 5.37. The van der Waals surface area contributed by atoms with Crippen LogP contribution in [0, 0.1) is 5.92 Å². The minimum absolute atomic E-state index is 0.0536. The van der Waals surface area contributed by atoms with Crippen LogP contribution in [0.15, 0.2) is 30.3 Å². The highest BCUT2D eigenvalue weighted by Gasteiger charge is 2.42. The van der Waals surface area contributed by atoms with Gasteiger partial charge in [-0.3, -0.25) is 15.3 Å². The lowest BCUT2D eigenvalue weighted by molar-refractivity contribution is -0.153. The van der Waals surface area contributed by atoms with Crippen molar-refractivity contribution >= 4 is 11.9 Å². The van der Waals surface area contributed by atoms with E-state index in [2.05, 4.69) is 15.2 Å². The van der Waals surface area contributed by atoms with Gasteiger partial charge in [0.05, 0.1) is 0 Å². The van der Waals surface area contributed by atoms with Gasteiger partial charge >= 0.3 is 11.9 Å². The summed E-state index contributed by atoms with van der Waals surface area (Å²) >= 11 is 0. The van der Waals surface area contributed by atoms with E-state index in [1.807, 2.05) is 49.6 Å². The predicted octanol–water partition coefficient (Wildman–Crippen LogP) is 0.352. The number of benzene rings is 1. The van der Waals surface area contributed by atoms with Gasteiger partial charge in [-0.2, -0.15) is 0 Å². The Morgan fingerprint density at radius 1 is 1.32 bits per heavy atom. The number of hydrogen-bond acceptors (Lipinski definition) is 7. The fraction of sp³-hybridized carbons (Fsp3) is 0.375. The number of aromatic amines is 1. The maximum absolute atomic E-state index is 12.7. The van der Waals surface area contributed by atoms with Crippen LogP contribution in [-0.2, 0) is 21.7 Å². The fourth-order valence-corrected chi connectivity index (χ4v) is 2.40. The smallest absolute Gasteiger partial charge is 0.334 e. The van der Waals surface area contributed by atoms with Crippen molar-refractivity contribution in [2.24, 2.45) is 17.5 Å². The first-order chi connectivity index (χ1) is 11.9. The van der Waals surface area contributed by atoms with Gasteiger partial charge in [0.15, 0.2) is 11.4 Å². The number of hydrazine groups is 1. The Kier molecular flexibility index (Phi) is 5.84. The number of ether oxygens (including phenoxy) is 1. The van der Waals surface area contributed by atoms with Crippen molar-refractivity contribution in [3.8, 4) is 0 Å². The minimum atomic E-state index is -1.55. The van der Waals surface area contributed by atoms with Crippen LogP contribution in [0.4, 0.5) is 0 Å². The largest absolute Gasteiger partial charge is 0.459 e. The molecule has 0 bridgehead atoms. The molecule has 9 nitrogen and oxygen atoms in total. The summed E-state index contributed by atoms with van der Waals surface area (Å²) in [6.45, 7) is 3.91. The molecule has 1 atom stereocenters. The van der Waals surface area contributed by atoms with Crippen molar-refractivity contribution in [2.75, 3.05) is 0 Å². The second-order valence-electron chi connectivity index (χ2n) is 6.11. The number of rotatable bonds is 7. The average molecular weight is 346 g/mol. The Morgan fingerprint density at radius 3 is 2.60 bits per heavy atom. The van der Waals surface area contributed by atoms with E-state index in [1.165, 1.54) is 0 Å². The van der Waals surface area contributed by atoms with Crippen molar-refractivity contribution in [2.45, 2.75) is 32.4 Å². The number of nitrogen functional groups attached to an aromatic ring is 1. The molecule has 134 valence electrons. The van der Waals surface area contributed by atoms with Crippen molar-refractivity contribution in [3.05, 3.63) is 47.5 Å².